The molecule has 1 aliphatic carbocycles. The standard InChI is InChI=1S/C22H16N.C13H24O2.Ir/c1-22(2)18-12-6-9-14-8-5-11-17(19(14)18)21-20(22)16-10-4-3-7-15(16)13-23-21;1-5-10(6-2)12(14)9-13(15)11(7-3)8-4;/h3-10,12-13H,1-2H3;9-11,14H,5-8H2,1-4H3;/q-1;;/b;12-9-;. The van der Waals surface area contributed by atoms with Gasteiger partial charge in [-0.25, -0.2) is 0 Å². The van der Waals surface area contributed by atoms with Crippen LogP contribution in [0.4, 0.5) is 0 Å². The molecule has 0 fully saturated rings. The van der Waals surface area contributed by atoms with Gasteiger partial charge in [0.15, 0.2) is 5.78 Å². The number of allylic oxidation sites excluding steroid dienone is 2. The summed E-state index contributed by atoms with van der Waals surface area (Å²) in [6, 6.07) is 22.7. The summed E-state index contributed by atoms with van der Waals surface area (Å²) in [6.07, 6.45) is 6.90. The van der Waals surface area contributed by atoms with Gasteiger partial charge in [-0.3, -0.25) is 4.79 Å². The molecule has 0 spiro atoms. The van der Waals surface area contributed by atoms with Crippen LogP contribution < -0.4 is 0 Å². The summed E-state index contributed by atoms with van der Waals surface area (Å²) in [4.78, 5) is 16.6. The molecule has 1 radical (unpaired) electrons. The molecule has 0 bridgehead atoms. The Bertz CT molecular complexity index is 1470. The van der Waals surface area contributed by atoms with Crippen molar-refractivity contribution in [2.45, 2.75) is 72.6 Å². The Labute approximate surface area is 247 Å². The first-order chi connectivity index (χ1) is 18.3. The Morgan fingerprint density at radius 3 is 2.23 bits per heavy atom. The molecular formula is C35H40IrNO2-. The van der Waals surface area contributed by atoms with Crippen molar-refractivity contribution >= 4 is 27.3 Å². The summed E-state index contributed by atoms with van der Waals surface area (Å²) < 4.78 is 0. The number of aliphatic hydroxyl groups excluding tert-OH is 1. The average molecular weight is 699 g/mol. The van der Waals surface area contributed by atoms with Gasteiger partial charge in [-0.2, -0.15) is 0 Å². The molecule has 0 amide bonds. The van der Waals surface area contributed by atoms with Gasteiger partial charge in [0.1, 0.15) is 0 Å². The number of ketones is 1. The van der Waals surface area contributed by atoms with Crippen LogP contribution in [0.15, 0.2) is 72.6 Å². The van der Waals surface area contributed by atoms with Gasteiger partial charge in [0.05, 0.1) is 5.76 Å². The van der Waals surface area contributed by atoms with Crippen LogP contribution in [-0.4, -0.2) is 15.9 Å². The Morgan fingerprint density at radius 1 is 0.923 bits per heavy atom. The van der Waals surface area contributed by atoms with E-state index in [-0.39, 0.29) is 48.9 Å². The molecular weight excluding hydrogens is 659 g/mol. The Morgan fingerprint density at radius 2 is 1.56 bits per heavy atom. The van der Waals surface area contributed by atoms with Crippen LogP contribution in [0.1, 0.15) is 78.4 Å². The van der Waals surface area contributed by atoms with Gasteiger partial charge in [-0.05, 0) is 47.7 Å². The number of aromatic nitrogens is 1. The van der Waals surface area contributed by atoms with Crippen molar-refractivity contribution in [2.24, 2.45) is 11.8 Å². The van der Waals surface area contributed by atoms with E-state index in [0.717, 1.165) is 36.9 Å². The van der Waals surface area contributed by atoms with Gasteiger partial charge in [0, 0.05) is 49.6 Å². The maximum Gasteiger partial charge on any atom is 0.162 e. The zero-order valence-corrected chi connectivity index (χ0v) is 26.4. The van der Waals surface area contributed by atoms with Crippen LogP contribution in [0, 0.1) is 17.9 Å². The summed E-state index contributed by atoms with van der Waals surface area (Å²) in [5.74, 6) is 0.547. The number of nitrogens with zero attached hydrogens (tertiary/aromatic N) is 1. The van der Waals surface area contributed by atoms with Gasteiger partial charge < -0.3 is 10.1 Å². The minimum absolute atomic E-state index is 0. The molecule has 3 nitrogen and oxygen atoms in total. The van der Waals surface area contributed by atoms with Crippen LogP contribution in [-0.2, 0) is 30.3 Å². The van der Waals surface area contributed by atoms with Gasteiger partial charge in [-0.15, -0.1) is 29.1 Å². The Balaban J connectivity index is 0.000000233. The first-order valence-electron chi connectivity index (χ1n) is 14.0. The maximum absolute atomic E-state index is 11.7. The minimum Gasteiger partial charge on any atom is -0.512 e. The number of aliphatic hydroxyl groups is 1. The van der Waals surface area contributed by atoms with Crippen LogP contribution in [0.3, 0.4) is 0 Å². The van der Waals surface area contributed by atoms with Crippen molar-refractivity contribution in [3.63, 3.8) is 0 Å². The molecule has 1 N–H and O–H groups in total. The molecule has 4 heteroatoms. The summed E-state index contributed by atoms with van der Waals surface area (Å²) in [6.45, 7) is 12.7. The van der Waals surface area contributed by atoms with E-state index in [9.17, 15) is 9.90 Å². The normalized spacial score (nSPS) is 13.6. The SMILES string of the molecule is CC1(C)c2c(ncc3ccccc23)-c2[c-]ccc3cccc1c23.CCC(CC)C(=O)/C=C(\O)C(CC)CC.[Ir]. The summed E-state index contributed by atoms with van der Waals surface area (Å²) in [7, 11) is 0. The second-order valence-corrected chi connectivity index (χ2v) is 10.8. The predicted octanol–water partition coefficient (Wildman–Crippen LogP) is 9.36. The zero-order valence-electron chi connectivity index (χ0n) is 24.0. The van der Waals surface area contributed by atoms with Crippen molar-refractivity contribution in [1.82, 2.24) is 4.98 Å². The molecule has 39 heavy (non-hydrogen) atoms. The number of hydrogen-bond acceptors (Lipinski definition) is 3. The molecule has 1 aromatic heterocycles. The summed E-state index contributed by atoms with van der Waals surface area (Å²) in [5, 5.41) is 14.8. The van der Waals surface area contributed by atoms with Crippen molar-refractivity contribution in [2.75, 3.05) is 0 Å². The van der Waals surface area contributed by atoms with E-state index in [0.29, 0.717) is 0 Å². The quantitative estimate of drug-likeness (QED) is 0.119. The second kappa shape index (κ2) is 13.0. The fraction of sp³-hybridized carbons (Fsp3) is 0.371. The number of benzene rings is 3. The summed E-state index contributed by atoms with van der Waals surface area (Å²) >= 11 is 0. The Kier molecular flexibility index (Phi) is 10.3. The van der Waals surface area contributed by atoms with Crippen LogP contribution >= 0.6 is 0 Å². The molecule has 5 rings (SSSR count). The fourth-order valence-corrected chi connectivity index (χ4v) is 5.88. The molecule has 0 aliphatic heterocycles. The second-order valence-electron chi connectivity index (χ2n) is 10.8. The third-order valence-corrected chi connectivity index (χ3v) is 8.25. The van der Waals surface area contributed by atoms with Crippen molar-refractivity contribution in [3.05, 3.63) is 89.8 Å². The molecule has 0 saturated heterocycles. The van der Waals surface area contributed by atoms with Crippen molar-refractivity contribution < 1.29 is 30.0 Å². The van der Waals surface area contributed by atoms with Gasteiger partial charge in [0.2, 0.25) is 0 Å². The third-order valence-electron chi connectivity index (χ3n) is 8.25. The molecule has 0 atom stereocenters. The monoisotopic (exact) mass is 699 g/mol. The number of carbonyl (C=O) groups is 1. The molecule has 0 unspecified atom stereocenters. The van der Waals surface area contributed by atoms with Crippen LogP contribution in [0.5, 0.6) is 0 Å². The van der Waals surface area contributed by atoms with E-state index >= 15 is 0 Å². The fourth-order valence-electron chi connectivity index (χ4n) is 5.88. The largest absolute Gasteiger partial charge is 0.512 e. The number of carbonyl (C=O) groups excluding carboxylic acids is 1. The van der Waals surface area contributed by atoms with Gasteiger partial charge >= 0.3 is 0 Å². The first-order valence-corrected chi connectivity index (χ1v) is 14.0. The number of rotatable bonds is 7. The number of hydrogen-bond donors (Lipinski definition) is 1. The van der Waals surface area contributed by atoms with E-state index in [2.05, 4.69) is 68.4 Å². The van der Waals surface area contributed by atoms with Gasteiger partial charge in [0.25, 0.3) is 0 Å². The zero-order chi connectivity index (χ0) is 27.4. The molecule has 0 saturated carbocycles. The first kappa shape index (κ1) is 30.7. The van der Waals surface area contributed by atoms with Crippen LogP contribution in [0.2, 0.25) is 0 Å². The van der Waals surface area contributed by atoms with E-state index in [1.807, 2.05) is 40.0 Å². The van der Waals surface area contributed by atoms with Gasteiger partial charge in [-0.1, -0.05) is 95.0 Å². The molecule has 207 valence electrons. The average Bonchev–Trinajstić information content (AvgIpc) is 2.93. The molecule has 1 aliphatic rings. The molecule has 4 aromatic rings. The molecule has 3 aromatic carbocycles. The number of fused-ring (bicyclic) bond motifs is 4. The number of pyridine rings is 1. The van der Waals surface area contributed by atoms with Crippen molar-refractivity contribution in [1.29, 1.82) is 0 Å². The molecule has 1 heterocycles. The van der Waals surface area contributed by atoms with E-state index in [1.165, 1.54) is 38.7 Å². The smallest absolute Gasteiger partial charge is 0.162 e. The van der Waals surface area contributed by atoms with E-state index in [4.69, 9.17) is 4.98 Å². The van der Waals surface area contributed by atoms with E-state index in [1.54, 1.807) is 0 Å². The van der Waals surface area contributed by atoms with Crippen LogP contribution in [0.25, 0.3) is 32.8 Å². The van der Waals surface area contributed by atoms with E-state index < -0.39 is 0 Å². The van der Waals surface area contributed by atoms with Crippen molar-refractivity contribution in [3.8, 4) is 11.3 Å². The Hall–Kier alpha value is -2.81. The minimum atomic E-state index is -0.0785. The maximum atomic E-state index is 11.7. The predicted molar refractivity (Wildman–Crippen MR) is 160 cm³/mol. The summed E-state index contributed by atoms with van der Waals surface area (Å²) in [5.41, 5.74) is 4.83. The third kappa shape index (κ3) is 5.88. The topological polar surface area (TPSA) is 50.2 Å².